The summed E-state index contributed by atoms with van der Waals surface area (Å²) in [5, 5.41) is 29.0. The highest BCUT2D eigenvalue weighted by atomic mass is 16.4. The second kappa shape index (κ2) is 12.2. The first-order valence-corrected chi connectivity index (χ1v) is 9.74. The predicted octanol–water partition coefficient (Wildman–Crippen LogP) is 3.48. The number of aliphatic hydroxyl groups excluding tert-OH is 2. The van der Waals surface area contributed by atoms with Gasteiger partial charge in [-0.15, -0.1) is 0 Å². The summed E-state index contributed by atoms with van der Waals surface area (Å²) in [6, 6.07) is 0. The quantitative estimate of drug-likeness (QED) is 0.348. The number of aliphatic hydroxyl groups is 2. The molecule has 144 valence electrons. The summed E-state index contributed by atoms with van der Waals surface area (Å²) in [6.45, 7) is 2.10. The molecular weight excluding hydrogens is 320 g/mol. The van der Waals surface area contributed by atoms with Crippen LogP contribution in [0.2, 0.25) is 0 Å². The van der Waals surface area contributed by atoms with E-state index in [1.165, 1.54) is 0 Å². The summed E-state index contributed by atoms with van der Waals surface area (Å²) in [5.41, 5.74) is 0. The number of unbranched alkanes of at least 4 members (excludes halogenated alkanes) is 5. The first kappa shape index (κ1) is 21.8. The molecule has 0 aromatic carbocycles. The van der Waals surface area contributed by atoms with Gasteiger partial charge < -0.3 is 15.3 Å². The average Bonchev–Trinajstić information content (AvgIpc) is 2.82. The average molecular weight is 354 g/mol. The Bertz CT molecular complexity index is 432. The fourth-order valence-electron chi connectivity index (χ4n) is 3.64. The Balaban J connectivity index is 2.39. The van der Waals surface area contributed by atoms with Gasteiger partial charge in [-0.3, -0.25) is 9.59 Å². The number of carboxylic acid groups (broad SMARTS) is 1. The van der Waals surface area contributed by atoms with E-state index in [1.807, 2.05) is 0 Å². The number of hydrogen-bond donors (Lipinski definition) is 3. The summed E-state index contributed by atoms with van der Waals surface area (Å²) >= 11 is 0. The Kier molecular flexibility index (Phi) is 10.7. The van der Waals surface area contributed by atoms with Crippen molar-refractivity contribution in [3.63, 3.8) is 0 Å². The van der Waals surface area contributed by atoms with Crippen molar-refractivity contribution in [1.82, 2.24) is 0 Å². The molecule has 1 aliphatic rings. The summed E-state index contributed by atoms with van der Waals surface area (Å²) in [5.74, 6) is -0.851. The molecule has 0 heterocycles. The summed E-state index contributed by atoms with van der Waals surface area (Å²) in [7, 11) is 0. The van der Waals surface area contributed by atoms with Gasteiger partial charge >= 0.3 is 5.97 Å². The van der Waals surface area contributed by atoms with Crippen LogP contribution in [0.4, 0.5) is 0 Å². The van der Waals surface area contributed by atoms with Gasteiger partial charge in [0.15, 0.2) is 5.78 Å². The predicted molar refractivity (Wildman–Crippen MR) is 97.2 cm³/mol. The molecule has 3 N–H and O–H groups in total. The molecule has 25 heavy (non-hydrogen) atoms. The SMILES string of the molecule is CCCCCC(=O)C=C[C@@H]1[C@@H](CCCCCCC(=O)O)[C@@H](O)C[C@H]1O. The van der Waals surface area contributed by atoms with Crippen LogP contribution in [0.1, 0.15) is 77.6 Å². The Morgan fingerprint density at radius 2 is 1.64 bits per heavy atom. The molecule has 1 rings (SSSR count). The lowest BCUT2D eigenvalue weighted by Gasteiger charge is -2.20. The van der Waals surface area contributed by atoms with Gasteiger partial charge in [-0.2, -0.15) is 0 Å². The second-order valence-corrected chi connectivity index (χ2v) is 7.24. The van der Waals surface area contributed by atoms with E-state index < -0.39 is 18.2 Å². The standard InChI is InChI=1S/C20H34O5/c1-2-3-6-9-15(21)12-13-17-16(18(22)14-19(17)23)10-7-4-5-8-11-20(24)25/h12-13,16-19,22-23H,2-11,14H2,1H3,(H,24,25)/t16-,17-,18+,19-/m1/s1. The number of carbonyl (C=O) groups is 2. The highest BCUT2D eigenvalue weighted by Crippen LogP contribution is 2.37. The normalized spacial score (nSPS) is 26.4. The Morgan fingerprint density at radius 1 is 0.960 bits per heavy atom. The number of carboxylic acids is 1. The smallest absolute Gasteiger partial charge is 0.303 e. The minimum absolute atomic E-state index is 0.0193. The third-order valence-electron chi connectivity index (χ3n) is 5.13. The fourth-order valence-corrected chi connectivity index (χ4v) is 3.64. The summed E-state index contributed by atoms with van der Waals surface area (Å²) in [6.07, 6.45) is 10.6. The van der Waals surface area contributed by atoms with E-state index in [1.54, 1.807) is 12.2 Å². The van der Waals surface area contributed by atoms with E-state index in [0.29, 0.717) is 19.3 Å². The van der Waals surface area contributed by atoms with E-state index in [2.05, 4.69) is 6.92 Å². The second-order valence-electron chi connectivity index (χ2n) is 7.24. The maximum Gasteiger partial charge on any atom is 0.303 e. The molecule has 0 bridgehead atoms. The van der Waals surface area contributed by atoms with Crippen LogP contribution in [-0.4, -0.2) is 39.3 Å². The lowest BCUT2D eigenvalue weighted by molar-refractivity contribution is -0.137. The van der Waals surface area contributed by atoms with Gasteiger partial charge in [0.05, 0.1) is 12.2 Å². The number of ketones is 1. The molecule has 0 amide bonds. The first-order valence-electron chi connectivity index (χ1n) is 9.74. The number of aliphatic carboxylic acids is 1. The Hall–Kier alpha value is -1.20. The van der Waals surface area contributed by atoms with Crippen molar-refractivity contribution in [2.45, 2.75) is 89.8 Å². The third kappa shape index (κ3) is 8.63. The molecule has 0 aliphatic heterocycles. The molecule has 4 atom stereocenters. The molecular formula is C20H34O5. The molecule has 5 nitrogen and oxygen atoms in total. The number of hydrogen-bond acceptors (Lipinski definition) is 4. The van der Waals surface area contributed by atoms with Crippen LogP contribution in [0.15, 0.2) is 12.2 Å². The Morgan fingerprint density at radius 3 is 2.32 bits per heavy atom. The van der Waals surface area contributed by atoms with Gasteiger partial charge in [0.2, 0.25) is 0 Å². The molecule has 5 heteroatoms. The van der Waals surface area contributed by atoms with Crippen LogP contribution in [0.25, 0.3) is 0 Å². The maximum atomic E-state index is 11.9. The molecule has 0 aromatic rings. The molecule has 1 saturated carbocycles. The number of carbonyl (C=O) groups excluding carboxylic acids is 1. The summed E-state index contributed by atoms with van der Waals surface area (Å²) in [4.78, 5) is 22.4. The first-order chi connectivity index (χ1) is 12.0. The molecule has 0 aromatic heterocycles. The topological polar surface area (TPSA) is 94.8 Å². The van der Waals surface area contributed by atoms with E-state index in [-0.39, 0.29) is 24.0 Å². The van der Waals surface area contributed by atoms with Crippen molar-refractivity contribution < 1.29 is 24.9 Å². The van der Waals surface area contributed by atoms with Gasteiger partial charge in [0, 0.05) is 25.2 Å². The van der Waals surface area contributed by atoms with Crippen LogP contribution in [0.3, 0.4) is 0 Å². The largest absolute Gasteiger partial charge is 0.481 e. The summed E-state index contributed by atoms with van der Waals surface area (Å²) < 4.78 is 0. The zero-order valence-electron chi connectivity index (χ0n) is 15.4. The minimum atomic E-state index is -0.761. The fraction of sp³-hybridized carbons (Fsp3) is 0.800. The van der Waals surface area contributed by atoms with Crippen molar-refractivity contribution in [3.8, 4) is 0 Å². The van der Waals surface area contributed by atoms with Crippen LogP contribution in [-0.2, 0) is 9.59 Å². The lowest BCUT2D eigenvalue weighted by atomic mass is 9.88. The molecule has 0 unspecified atom stereocenters. The van der Waals surface area contributed by atoms with E-state index >= 15 is 0 Å². The Labute approximate surface area is 151 Å². The van der Waals surface area contributed by atoms with Crippen LogP contribution in [0.5, 0.6) is 0 Å². The van der Waals surface area contributed by atoms with Crippen molar-refractivity contribution >= 4 is 11.8 Å². The highest BCUT2D eigenvalue weighted by Gasteiger charge is 2.39. The molecule has 1 aliphatic carbocycles. The highest BCUT2D eigenvalue weighted by molar-refractivity contribution is 5.89. The molecule has 0 radical (unpaired) electrons. The zero-order valence-corrected chi connectivity index (χ0v) is 15.4. The maximum absolute atomic E-state index is 11.9. The van der Waals surface area contributed by atoms with Gasteiger partial charge in [-0.25, -0.2) is 0 Å². The lowest BCUT2D eigenvalue weighted by Crippen LogP contribution is -2.20. The van der Waals surface area contributed by atoms with Gasteiger partial charge in [-0.05, 0) is 31.3 Å². The monoisotopic (exact) mass is 354 g/mol. The third-order valence-corrected chi connectivity index (χ3v) is 5.13. The van der Waals surface area contributed by atoms with E-state index in [9.17, 15) is 19.8 Å². The van der Waals surface area contributed by atoms with Crippen LogP contribution < -0.4 is 0 Å². The zero-order chi connectivity index (χ0) is 18.7. The van der Waals surface area contributed by atoms with Crippen molar-refractivity contribution in [3.05, 3.63) is 12.2 Å². The van der Waals surface area contributed by atoms with E-state index in [0.717, 1.165) is 44.9 Å². The number of rotatable bonds is 13. The van der Waals surface area contributed by atoms with Gasteiger partial charge in [-0.1, -0.05) is 45.1 Å². The van der Waals surface area contributed by atoms with Crippen molar-refractivity contribution in [1.29, 1.82) is 0 Å². The molecule has 1 fully saturated rings. The minimum Gasteiger partial charge on any atom is -0.481 e. The van der Waals surface area contributed by atoms with E-state index in [4.69, 9.17) is 5.11 Å². The molecule has 0 spiro atoms. The number of allylic oxidation sites excluding steroid dienone is 1. The van der Waals surface area contributed by atoms with Gasteiger partial charge in [0.1, 0.15) is 0 Å². The van der Waals surface area contributed by atoms with Crippen molar-refractivity contribution in [2.75, 3.05) is 0 Å². The van der Waals surface area contributed by atoms with Crippen LogP contribution >= 0.6 is 0 Å². The van der Waals surface area contributed by atoms with Crippen LogP contribution in [0, 0.1) is 11.8 Å². The van der Waals surface area contributed by atoms with Crippen molar-refractivity contribution in [2.24, 2.45) is 11.8 Å². The van der Waals surface area contributed by atoms with Gasteiger partial charge in [0.25, 0.3) is 0 Å². The molecule has 0 saturated heterocycles.